The lowest BCUT2D eigenvalue weighted by Gasteiger charge is -2.57. The number of hydrogen-bond acceptors (Lipinski definition) is 1. The van der Waals surface area contributed by atoms with E-state index in [-0.39, 0.29) is 5.41 Å². The molecule has 4 atom stereocenters. The highest BCUT2D eigenvalue weighted by atomic mass is 16.1. The van der Waals surface area contributed by atoms with Crippen molar-refractivity contribution in [1.82, 2.24) is 0 Å². The Morgan fingerprint density at radius 3 is 2.64 bits per heavy atom. The van der Waals surface area contributed by atoms with E-state index in [4.69, 9.17) is 0 Å². The number of carbonyl (C=O) groups is 1. The van der Waals surface area contributed by atoms with Crippen molar-refractivity contribution in [3.05, 3.63) is 23.3 Å². The summed E-state index contributed by atoms with van der Waals surface area (Å²) in [6.07, 6.45) is 12.2. The monoisotopic (exact) mass is 300 g/mol. The van der Waals surface area contributed by atoms with Crippen LogP contribution in [0.5, 0.6) is 0 Å². The van der Waals surface area contributed by atoms with E-state index in [1.54, 1.807) is 11.1 Å². The van der Waals surface area contributed by atoms with Crippen LogP contribution in [0.2, 0.25) is 0 Å². The molecule has 1 saturated carbocycles. The maximum absolute atomic E-state index is 12.4. The Morgan fingerprint density at radius 1 is 1.27 bits per heavy atom. The third-order valence-electron chi connectivity index (χ3n) is 7.38. The fraction of sp³-hybridized carbons (Fsp3) is 0.762. The molecule has 0 radical (unpaired) electrons. The number of hydrogen-bond donors (Lipinski definition) is 0. The summed E-state index contributed by atoms with van der Waals surface area (Å²) < 4.78 is 0. The van der Waals surface area contributed by atoms with Gasteiger partial charge in [0.2, 0.25) is 0 Å². The molecular formula is C21H32O. The molecule has 0 bridgehead atoms. The van der Waals surface area contributed by atoms with Crippen molar-refractivity contribution in [2.45, 2.75) is 73.1 Å². The van der Waals surface area contributed by atoms with Gasteiger partial charge in [0.1, 0.15) is 5.78 Å². The van der Waals surface area contributed by atoms with Gasteiger partial charge in [0.25, 0.3) is 0 Å². The van der Waals surface area contributed by atoms with Crippen LogP contribution >= 0.6 is 0 Å². The van der Waals surface area contributed by atoms with Crippen LogP contribution in [-0.2, 0) is 4.79 Å². The normalized spacial score (nSPS) is 41.4. The Morgan fingerprint density at radius 2 is 2.00 bits per heavy atom. The lowest BCUT2D eigenvalue weighted by atomic mass is 9.46. The van der Waals surface area contributed by atoms with Gasteiger partial charge in [-0.3, -0.25) is 4.79 Å². The third-order valence-corrected chi connectivity index (χ3v) is 7.38. The molecular weight excluding hydrogens is 268 g/mol. The molecule has 0 aromatic carbocycles. The lowest BCUT2D eigenvalue weighted by Crippen LogP contribution is -2.52. The van der Waals surface area contributed by atoms with Crippen LogP contribution in [0.1, 0.15) is 73.1 Å². The van der Waals surface area contributed by atoms with Crippen LogP contribution in [0.3, 0.4) is 0 Å². The Balaban J connectivity index is 2.00. The Kier molecular flexibility index (Phi) is 3.90. The van der Waals surface area contributed by atoms with Crippen molar-refractivity contribution < 1.29 is 4.79 Å². The summed E-state index contributed by atoms with van der Waals surface area (Å²) in [6.45, 7) is 11.2. The van der Waals surface area contributed by atoms with Crippen molar-refractivity contribution in [2.24, 2.45) is 28.6 Å². The minimum Gasteiger partial charge on any atom is -0.299 e. The molecule has 0 N–H and O–H groups in total. The molecule has 0 saturated heterocycles. The molecule has 0 aliphatic heterocycles. The van der Waals surface area contributed by atoms with E-state index in [0.717, 1.165) is 12.8 Å². The van der Waals surface area contributed by atoms with Crippen molar-refractivity contribution in [3.8, 4) is 0 Å². The molecule has 0 spiro atoms. The first-order valence-corrected chi connectivity index (χ1v) is 9.20. The fourth-order valence-corrected chi connectivity index (χ4v) is 5.77. The standard InChI is InChI=1S/C21H32O/c1-14(2)16-7-9-18-17(13-16)8-10-19-20(4,15(3)22)11-6-12-21(18,19)5/h8,13-14,18-19H,6-7,9-12H2,1-5H3/t18?,19?,20-,21+/m0/s1. The second-order valence-corrected chi connectivity index (χ2v) is 8.79. The summed E-state index contributed by atoms with van der Waals surface area (Å²) in [7, 11) is 0. The van der Waals surface area contributed by atoms with Gasteiger partial charge in [0.15, 0.2) is 0 Å². The third kappa shape index (κ3) is 2.23. The van der Waals surface area contributed by atoms with Crippen LogP contribution in [-0.4, -0.2) is 5.78 Å². The van der Waals surface area contributed by atoms with E-state index in [1.807, 2.05) is 6.92 Å². The summed E-state index contributed by atoms with van der Waals surface area (Å²) in [6, 6.07) is 0. The van der Waals surface area contributed by atoms with Crippen molar-refractivity contribution in [1.29, 1.82) is 0 Å². The topological polar surface area (TPSA) is 17.1 Å². The maximum Gasteiger partial charge on any atom is 0.135 e. The quantitative estimate of drug-likeness (QED) is 0.638. The van der Waals surface area contributed by atoms with E-state index < -0.39 is 0 Å². The number of rotatable bonds is 2. The van der Waals surface area contributed by atoms with E-state index in [9.17, 15) is 4.79 Å². The molecule has 1 heteroatoms. The second kappa shape index (κ2) is 5.35. The summed E-state index contributed by atoms with van der Waals surface area (Å²) in [5.41, 5.74) is 3.43. The Labute approximate surface area is 136 Å². The van der Waals surface area contributed by atoms with E-state index >= 15 is 0 Å². The van der Waals surface area contributed by atoms with Gasteiger partial charge in [-0.15, -0.1) is 0 Å². The average molecular weight is 300 g/mol. The number of ketones is 1. The summed E-state index contributed by atoms with van der Waals surface area (Å²) in [5.74, 6) is 2.29. The van der Waals surface area contributed by atoms with Crippen molar-refractivity contribution >= 4 is 5.78 Å². The molecule has 22 heavy (non-hydrogen) atoms. The van der Waals surface area contributed by atoms with E-state index in [2.05, 4.69) is 39.8 Å². The minimum atomic E-state index is -0.100. The van der Waals surface area contributed by atoms with Crippen LogP contribution in [0.15, 0.2) is 23.3 Å². The molecule has 1 fully saturated rings. The minimum absolute atomic E-state index is 0.100. The molecule has 0 aromatic rings. The highest BCUT2D eigenvalue weighted by Crippen LogP contribution is 2.62. The first-order chi connectivity index (χ1) is 10.3. The molecule has 122 valence electrons. The zero-order chi connectivity index (χ0) is 16.1. The molecule has 3 aliphatic carbocycles. The fourth-order valence-electron chi connectivity index (χ4n) is 5.77. The summed E-state index contributed by atoms with van der Waals surface area (Å²) in [4.78, 5) is 12.4. The van der Waals surface area contributed by atoms with Crippen LogP contribution in [0.25, 0.3) is 0 Å². The van der Waals surface area contributed by atoms with Gasteiger partial charge >= 0.3 is 0 Å². The van der Waals surface area contributed by atoms with Crippen molar-refractivity contribution in [2.75, 3.05) is 0 Å². The average Bonchev–Trinajstić information content (AvgIpc) is 2.46. The summed E-state index contributed by atoms with van der Waals surface area (Å²) >= 11 is 0. The molecule has 0 amide bonds. The number of fused-ring (bicyclic) bond motifs is 3. The molecule has 0 heterocycles. The Bertz CT molecular complexity index is 538. The van der Waals surface area contributed by atoms with Crippen LogP contribution < -0.4 is 0 Å². The molecule has 2 unspecified atom stereocenters. The summed E-state index contributed by atoms with van der Waals surface area (Å²) in [5, 5.41) is 0. The predicted molar refractivity (Wildman–Crippen MR) is 92.6 cm³/mol. The van der Waals surface area contributed by atoms with Crippen LogP contribution in [0, 0.1) is 28.6 Å². The number of carbonyl (C=O) groups excluding carboxylic acids is 1. The largest absolute Gasteiger partial charge is 0.299 e. The number of allylic oxidation sites excluding steroid dienone is 4. The molecule has 3 aliphatic rings. The first kappa shape index (κ1) is 16.0. The zero-order valence-corrected chi connectivity index (χ0v) is 15.0. The van der Waals surface area contributed by atoms with Gasteiger partial charge in [0, 0.05) is 5.41 Å². The number of Topliss-reactive ketones (excluding diaryl/α,β-unsaturated/α-hetero) is 1. The highest BCUT2D eigenvalue weighted by molar-refractivity contribution is 5.82. The van der Waals surface area contributed by atoms with Gasteiger partial charge in [-0.1, -0.05) is 51.8 Å². The van der Waals surface area contributed by atoms with E-state index in [0.29, 0.717) is 29.0 Å². The van der Waals surface area contributed by atoms with E-state index in [1.165, 1.54) is 25.7 Å². The first-order valence-electron chi connectivity index (χ1n) is 9.20. The van der Waals surface area contributed by atoms with Gasteiger partial charge in [-0.25, -0.2) is 0 Å². The zero-order valence-electron chi connectivity index (χ0n) is 15.0. The lowest BCUT2D eigenvalue weighted by molar-refractivity contribution is -0.139. The van der Waals surface area contributed by atoms with Crippen LogP contribution in [0.4, 0.5) is 0 Å². The SMILES string of the molecule is CC(=O)[C@]1(C)CCC[C@]2(C)C3CCC(C(C)C)=CC3=CCC21. The van der Waals surface area contributed by atoms with Gasteiger partial charge < -0.3 is 0 Å². The molecule has 3 rings (SSSR count). The van der Waals surface area contributed by atoms with Gasteiger partial charge in [-0.05, 0) is 67.8 Å². The smallest absolute Gasteiger partial charge is 0.135 e. The van der Waals surface area contributed by atoms with Gasteiger partial charge in [-0.2, -0.15) is 0 Å². The Hall–Kier alpha value is -0.850. The molecule has 0 aromatic heterocycles. The van der Waals surface area contributed by atoms with Gasteiger partial charge in [0.05, 0.1) is 0 Å². The van der Waals surface area contributed by atoms with Crippen molar-refractivity contribution in [3.63, 3.8) is 0 Å². The second-order valence-electron chi connectivity index (χ2n) is 8.79. The maximum atomic E-state index is 12.4. The predicted octanol–water partition coefficient (Wildman–Crippen LogP) is 5.71. The molecule has 1 nitrogen and oxygen atoms in total. The highest BCUT2D eigenvalue weighted by Gasteiger charge is 2.55.